The van der Waals surface area contributed by atoms with Gasteiger partial charge in [-0.05, 0) is 0 Å². The summed E-state index contributed by atoms with van der Waals surface area (Å²) in [5.74, 6) is -1.58. The molecule has 0 aromatic heterocycles. The lowest BCUT2D eigenvalue weighted by molar-refractivity contribution is -0.142. The number of likely N-dealkylation sites (N-methyl/N-ethyl adjacent to an activating group) is 1. The van der Waals surface area contributed by atoms with Gasteiger partial charge in [-0.2, -0.15) is 0 Å². The summed E-state index contributed by atoms with van der Waals surface area (Å²) in [4.78, 5) is 28.9. The third-order valence-corrected chi connectivity index (χ3v) is 4.23. The first kappa shape index (κ1) is 16.0. The van der Waals surface area contributed by atoms with Crippen LogP contribution in [0, 0.1) is 5.92 Å². The molecule has 120 valence electrons. The van der Waals surface area contributed by atoms with Crippen LogP contribution in [0.3, 0.4) is 0 Å². The van der Waals surface area contributed by atoms with Crippen LogP contribution in [0.5, 0.6) is 0 Å². The number of piperazine rings is 1. The fraction of sp³-hybridized carbons (Fsp3) is 0.846. The minimum atomic E-state index is -0.926. The monoisotopic (exact) mass is 301 g/mol. The summed E-state index contributed by atoms with van der Waals surface area (Å²) in [7, 11) is 1.64. The van der Waals surface area contributed by atoms with E-state index in [1.54, 1.807) is 11.9 Å². The molecule has 2 amide bonds. The van der Waals surface area contributed by atoms with Crippen LogP contribution in [0.2, 0.25) is 0 Å². The first-order valence-corrected chi connectivity index (χ1v) is 7.20. The van der Waals surface area contributed by atoms with Crippen LogP contribution in [-0.2, 0) is 9.53 Å². The number of carbonyl (C=O) groups excluding carboxylic acids is 1. The number of aliphatic carboxylic acids is 1. The van der Waals surface area contributed by atoms with Crippen molar-refractivity contribution in [2.75, 3.05) is 59.6 Å². The van der Waals surface area contributed by atoms with Crippen molar-refractivity contribution in [2.45, 2.75) is 6.04 Å². The lowest BCUT2D eigenvalue weighted by Crippen LogP contribution is -2.55. The van der Waals surface area contributed by atoms with Crippen molar-refractivity contribution in [1.82, 2.24) is 14.7 Å². The molecule has 2 atom stereocenters. The number of hydrogen-bond donors (Lipinski definition) is 2. The fourth-order valence-corrected chi connectivity index (χ4v) is 2.83. The van der Waals surface area contributed by atoms with Gasteiger partial charge in [-0.1, -0.05) is 0 Å². The third-order valence-electron chi connectivity index (χ3n) is 4.23. The third kappa shape index (κ3) is 3.63. The predicted molar refractivity (Wildman–Crippen MR) is 74.0 cm³/mol. The van der Waals surface area contributed by atoms with Gasteiger partial charge in [0, 0.05) is 39.8 Å². The van der Waals surface area contributed by atoms with E-state index in [9.17, 15) is 9.59 Å². The van der Waals surface area contributed by atoms with Crippen molar-refractivity contribution in [1.29, 1.82) is 0 Å². The topological polar surface area (TPSA) is 93.6 Å². The maximum atomic E-state index is 12.5. The molecule has 2 aliphatic heterocycles. The smallest absolute Gasteiger partial charge is 0.320 e. The average Bonchev–Trinajstić information content (AvgIpc) is 2.96. The van der Waals surface area contributed by atoms with E-state index in [0.29, 0.717) is 19.6 Å². The highest BCUT2D eigenvalue weighted by Crippen LogP contribution is 2.20. The summed E-state index contributed by atoms with van der Waals surface area (Å²) in [6.45, 7) is 3.80. The maximum absolute atomic E-state index is 12.5. The van der Waals surface area contributed by atoms with Crippen LogP contribution in [0.25, 0.3) is 0 Å². The number of aliphatic hydroxyl groups excluding tert-OH is 1. The number of amides is 2. The molecule has 0 spiro atoms. The van der Waals surface area contributed by atoms with Crippen LogP contribution < -0.4 is 0 Å². The second-order valence-electron chi connectivity index (χ2n) is 5.50. The molecule has 8 nitrogen and oxygen atoms in total. The molecule has 2 unspecified atom stereocenters. The van der Waals surface area contributed by atoms with Crippen molar-refractivity contribution in [3.63, 3.8) is 0 Å². The highest BCUT2D eigenvalue weighted by molar-refractivity contribution is 5.77. The molecule has 0 aromatic carbocycles. The summed E-state index contributed by atoms with van der Waals surface area (Å²) in [6.07, 6.45) is 0. The van der Waals surface area contributed by atoms with Crippen molar-refractivity contribution in [3.8, 4) is 0 Å². The Labute approximate surface area is 123 Å². The Hall–Kier alpha value is -1.38. The molecular formula is C13H23N3O5. The summed E-state index contributed by atoms with van der Waals surface area (Å²) < 4.78 is 5.21. The number of hydrogen-bond acceptors (Lipinski definition) is 5. The molecule has 2 aliphatic rings. The van der Waals surface area contributed by atoms with E-state index in [4.69, 9.17) is 14.9 Å². The molecule has 2 fully saturated rings. The van der Waals surface area contributed by atoms with Gasteiger partial charge in [-0.3, -0.25) is 9.69 Å². The highest BCUT2D eigenvalue weighted by Gasteiger charge is 2.39. The highest BCUT2D eigenvalue weighted by atomic mass is 16.5. The summed E-state index contributed by atoms with van der Waals surface area (Å²) in [5.41, 5.74) is 0. The second-order valence-corrected chi connectivity index (χ2v) is 5.50. The summed E-state index contributed by atoms with van der Waals surface area (Å²) >= 11 is 0. The average molecular weight is 301 g/mol. The van der Waals surface area contributed by atoms with E-state index in [2.05, 4.69) is 4.90 Å². The number of carboxylic acid groups (broad SMARTS) is 1. The van der Waals surface area contributed by atoms with E-state index in [0.717, 1.165) is 13.1 Å². The standard InChI is InChI=1S/C13H23N3O5/c1-14(11-9-21-8-10(11)12(18)19)13(20)16-4-2-15(3-5-16)6-7-17/h10-11,17H,2-9H2,1H3,(H,18,19). The minimum absolute atomic E-state index is 0.119. The molecule has 21 heavy (non-hydrogen) atoms. The largest absolute Gasteiger partial charge is 0.481 e. The first-order chi connectivity index (χ1) is 10.0. The number of carbonyl (C=O) groups is 2. The van der Waals surface area contributed by atoms with Gasteiger partial charge >= 0.3 is 12.0 Å². The van der Waals surface area contributed by atoms with Gasteiger partial charge in [-0.15, -0.1) is 0 Å². The Balaban J connectivity index is 1.89. The Morgan fingerprint density at radius 1 is 1.24 bits per heavy atom. The summed E-state index contributed by atoms with van der Waals surface area (Å²) in [5, 5.41) is 18.1. The molecule has 0 radical (unpaired) electrons. The van der Waals surface area contributed by atoms with Crippen molar-refractivity contribution >= 4 is 12.0 Å². The van der Waals surface area contributed by atoms with Gasteiger partial charge in [0.05, 0.1) is 25.9 Å². The zero-order valence-corrected chi connectivity index (χ0v) is 12.3. The first-order valence-electron chi connectivity index (χ1n) is 7.20. The zero-order valence-electron chi connectivity index (χ0n) is 12.3. The maximum Gasteiger partial charge on any atom is 0.320 e. The molecule has 2 N–H and O–H groups in total. The molecule has 0 aliphatic carbocycles. The number of aliphatic hydroxyl groups is 1. The van der Waals surface area contributed by atoms with E-state index in [1.807, 2.05) is 0 Å². The molecule has 2 rings (SSSR count). The van der Waals surface area contributed by atoms with Crippen molar-refractivity contribution in [2.24, 2.45) is 5.92 Å². The molecule has 2 heterocycles. The van der Waals surface area contributed by atoms with Crippen LogP contribution in [0.4, 0.5) is 4.79 Å². The minimum Gasteiger partial charge on any atom is -0.481 e. The van der Waals surface area contributed by atoms with Gasteiger partial charge in [-0.25, -0.2) is 4.79 Å². The van der Waals surface area contributed by atoms with E-state index >= 15 is 0 Å². The van der Waals surface area contributed by atoms with Gasteiger partial charge < -0.3 is 24.7 Å². The quantitative estimate of drug-likeness (QED) is 0.674. The van der Waals surface area contributed by atoms with Gasteiger partial charge in [0.2, 0.25) is 0 Å². The van der Waals surface area contributed by atoms with Crippen molar-refractivity contribution in [3.05, 3.63) is 0 Å². The van der Waals surface area contributed by atoms with Crippen LogP contribution in [0.1, 0.15) is 0 Å². The predicted octanol–water partition coefficient (Wildman–Crippen LogP) is -1.25. The number of ether oxygens (including phenoxy) is 1. The van der Waals surface area contributed by atoms with Crippen LogP contribution in [0.15, 0.2) is 0 Å². The molecular weight excluding hydrogens is 278 g/mol. The molecule has 8 heteroatoms. The van der Waals surface area contributed by atoms with Gasteiger partial charge in [0.25, 0.3) is 0 Å². The number of β-amino-alcohol motifs (C(OH)–C–C–N with tert-alkyl or cyclic N) is 1. The van der Waals surface area contributed by atoms with E-state index < -0.39 is 17.9 Å². The van der Waals surface area contributed by atoms with E-state index in [1.165, 1.54) is 4.90 Å². The Morgan fingerprint density at radius 2 is 1.90 bits per heavy atom. The molecule has 0 aromatic rings. The molecule has 2 saturated heterocycles. The molecule has 0 saturated carbocycles. The van der Waals surface area contributed by atoms with Crippen molar-refractivity contribution < 1.29 is 24.5 Å². The zero-order chi connectivity index (χ0) is 15.4. The lowest BCUT2D eigenvalue weighted by atomic mass is 10.0. The number of rotatable bonds is 4. The normalized spacial score (nSPS) is 26.9. The fourth-order valence-electron chi connectivity index (χ4n) is 2.83. The van der Waals surface area contributed by atoms with E-state index in [-0.39, 0.29) is 25.9 Å². The Morgan fingerprint density at radius 3 is 2.48 bits per heavy atom. The lowest BCUT2D eigenvalue weighted by Gasteiger charge is -2.38. The molecule has 0 bridgehead atoms. The van der Waals surface area contributed by atoms with Gasteiger partial charge in [0.15, 0.2) is 0 Å². The number of urea groups is 1. The SMILES string of the molecule is CN(C(=O)N1CCN(CCO)CC1)C1COCC1C(=O)O. The van der Waals surface area contributed by atoms with Crippen LogP contribution >= 0.6 is 0 Å². The Bertz CT molecular complexity index is 384. The number of carboxylic acids is 1. The number of nitrogens with zero attached hydrogens (tertiary/aromatic N) is 3. The second kappa shape index (κ2) is 7.06. The Kier molecular flexibility index (Phi) is 5.38. The van der Waals surface area contributed by atoms with Gasteiger partial charge in [0.1, 0.15) is 5.92 Å². The summed E-state index contributed by atoms with van der Waals surface area (Å²) in [6, 6.07) is -0.564. The van der Waals surface area contributed by atoms with Crippen LogP contribution in [-0.4, -0.2) is 103 Å².